The van der Waals surface area contributed by atoms with Crippen LogP contribution in [0.3, 0.4) is 0 Å². The highest BCUT2D eigenvalue weighted by Gasteiger charge is 2.16. The quantitative estimate of drug-likeness (QED) is 0.751. The molecule has 2 heterocycles. The summed E-state index contributed by atoms with van der Waals surface area (Å²) in [7, 11) is 1.79. The summed E-state index contributed by atoms with van der Waals surface area (Å²) in [6.07, 6.45) is 0.854. The third kappa shape index (κ3) is 2.92. The number of thiophene rings is 1. The summed E-state index contributed by atoms with van der Waals surface area (Å²) in [5, 5.41) is 2.89. The Labute approximate surface area is 126 Å². The summed E-state index contributed by atoms with van der Waals surface area (Å²) >= 11 is 1.70. The molecule has 21 heavy (non-hydrogen) atoms. The average molecular weight is 300 g/mol. The maximum Gasteiger partial charge on any atom is 0.289 e. The van der Waals surface area contributed by atoms with Crippen molar-refractivity contribution in [3.63, 3.8) is 0 Å². The number of anilines is 1. The van der Waals surface area contributed by atoms with Crippen molar-refractivity contribution in [2.24, 2.45) is 0 Å². The number of carbonyl (C=O) groups is 1. The van der Waals surface area contributed by atoms with Crippen molar-refractivity contribution in [3.05, 3.63) is 52.4 Å². The predicted molar refractivity (Wildman–Crippen MR) is 85.6 cm³/mol. The molecular formula is C16H16N2O2S. The topological polar surface area (TPSA) is 59.5 Å². The molecule has 0 aliphatic rings. The zero-order valence-corrected chi connectivity index (χ0v) is 12.5. The lowest BCUT2D eigenvalue weighted by atomic mass is 10.2. The first kappa shape index (κ1) is 13.7. The number of hydrogen-bond acceptors (Lipinski definition) is 4. The zero-order valence-electron chi connectivity index (χ0n) is 11.7. The van der Waals surface area contributed by atoms with Crippen LogP contribution in [0.4, 0.5) is 5.69 Å². The third-order valence-electron chi connectivity index (χ3n) is 3.37. The number of likely N-dealkylation sites (N-methyl/N-ethyl adjacent to an activating group) is 1. The molecule has 0 saturated heterocycles. The number of nitrogens with zero attached hydrogens (tertiary/aromatic N) is 1. The minimum absolute atomic E-state index is 0.110. The molecule has 0 unspecified atom stereocenters. The molecule has 1 aromatic carbocycles. The number of carbonyl (C=O) groups excluding carboxylic acids is 1. The first-order valence-corrected chi connectivity index (χ1v) is 7.58. The van der Waals surface area contributed by atoms with Crippen LogP contribution in [0.2, 0.25) is 0 Å². The highest BCUT2D eigenvalue weighted by molar-refractivity contribution is 7.09. The maximum absolute atomic E-state index is 12.4. The monoisotopic (exact) mass is 300 g/mol. The van der Waals surface area contributed by atoms with Gasteiger partial charge in [0.2, 0.25) is 0 Å². The van der Waals surface area contributed by atoms with E-state index in [-0.39, 0.29) is 5.91 Å². The average Bonchev–Trinajstić information content (AvgIpc) is 3.12. The zero-order chi connectivity index (χ0) is 14.8. The molecule has 3 rings (SSSR count). The van der Waals surface area contributed by atoms with Crippen molar-refractivity contribution in [2.45, 2.75) is 6.42 Å². The van der Waals surface area contributed by atoms with E-state index in [1.807, 2.05) is 11.4 Å². The molecule has 0 aliphatic carbocycles. The summed E-state index contributed by atoms with van der Waals surface area (Å²) in [5.74, 6) is 0.241. The Kier molecular flexibility index (Phi) is 3.66. The SMILES string of the molecule is CN(CCc1cccs1)C(=O)c1cc2cc(N)ccc2o1. The number of nitrogens with two attached hydrogens (primary N) is 1. The lowest BCUT2D eigenvalue weighted by molar-refractivity contribution is 0.0768. The Morgan fingerprint density at radius 3 is 2.95 bits per heavy atom. The van der Waals surface area contributed by atoms with Crippen LogP contribution >= 0.6 is 11.3 Å². The van der Waals surface area contributed by atoms with E-state index < -0.39 is 0 Å². The minimum atomic E-state index is -0.110. The van der Waals surface area contributed by atoms with E-state index in [2.05, 4.69) is 6.07 Å². The van der Waals surface area contributed by atoms with Gasteiger partial charge < -0.3 is 15.1 Å². The van der Waals surface area contributed by atoms with Crippen molar-refractivity contribution in [3.8, 4) is 0 Å². The highest BCUT2D eigenvalue weighted by Crippen LogP contribution is 2.22. The fraction of sp³-hybridized carbons (Fsp3) is 0.188. The van der Waals surface area contributed by atoms with E-state index >= 15 is 0 Å². The molecule has 0 aliphatic heterocycles. The fourth-order valence-electron chi connectivity index (χ4n) is 2.19. The number of rotatable bonds is 4. The van der Waals surface area contributed by atoms with Crippen molar-refractivity contribution >= 4 is 33.9 Å². The van der Waals surface area contributed by atoms with E-state index in [1.54, 1.807) is 47.5 Å². The number of furan rings is 1. The van der Waals surface area contributed by atoms with E-state index in [4.69, 9.17) is 10.2 Å². The molecule has 3 aromatic rings. The molecule has 0 fully saturated rings. The van der Waals surface area contributed by atoms with Gasteiger partial charge >= 0.3 is 0 Å². The molecule has 4 nitrogen and oxygen atoms in total. The molecule has 0 bridgehead atoms. The lowest BCUT2D eigenvalue weighted by Gasteiger charge is -2.14. The number of nitrogen functional groups attached to an aromatic ring is 1. The molecule has 108 valence electrons. The Hall–Kier alpha value is -2.27. The largest absolute Gasteiger partial charge is 0.451 e. The Morgan fingerprint density at radius 2 is 2.19 bits per heavy atom. The highest BCUT2D eigenvalue weighted by atomic mass is 32.1. The Bertz CT molecular complexity index is 762. The number of fused-ring (bicyclic) bond motifs is 1. The Morgan fingerprint density at radius 1 is 1.33 bits per heavy atom. The summed E-state index contributed by atoms with van der Waals surface area (Å²) in [6.45, 7) is 0.665. The van der Waals surface area contributed by atoms with Crippen LogP contribution in [0.25, 0.3) is 11.0 Å². The van der Waals surface area contributed by atoms with Gasteiger partial charge in [0.05, 0.1) is 0 Å². The van der Waals surface area contributed by atoms with Gasteiger partial charge in [-0.1, -0.05) is 6.07 Å². The van der Waals surface area contributed by atoms with Gasteiger partial charge in [0, 0.05) is 29.5 Å². The van der Waals surface area contributed by atoms with Crippen LogP contribution in [0.5, 0.6) is 0 Å². The van der Waals surface area contributed by atoms with Crippen LogP contribution in [-0.4, -0.2) is 24.4 Å². The first-order valence-electron chi connectivity index (χ1n) is 6.70. The van der Waals surface area contributed by atoms with E-state index in [9.17, 15) is 4.79 Å². The summed E-state index contributed by atoms with van der Waals surface area (Å²) < 4.78 is 5.60. The summed E-state index contributed by atoms with van der Waals surface area (Å²) in [4.78, 5) is 15.3. The van der Waals surface area contributed by atoms with E-state index in [0.717, 1.165) is 11.8 Å². The Balaban J connectivity index is 1.73. The number of amides is 1. The van der Waals surface area contributed by atoms with Gasteiger partial charge in [-0.3, -0.25) is 4.79 Å². The second-order valence-electron chi connectivity index (χ2n) is 4.96. The standard InChI is InChI=1S/C16H16N2O2S/c1-18(7-6-13-3-2-8-21-13)16(19)15-10-11-9-12(17)4-5-14(11)20-15/h2-5,8-10H,6-7,17H2,1H3. The molecular weight excluding hydrogens is 284 g/mol. The molecule has 0 atom stereocenters. The molecule has 0 spiro atoms. The van der Waals surface area contributed by atoms with Gasteiger partial charge in [0.15, 0.2) is 5.76 Å². The molecule has 1 amide bonds. The van der Waals surface area contributed by atoms with E-state index in [1.165, 1.54) is 4.88 Å². The second-order valence-corrected chi connectivity index (χ2v) is 6.00. The van der Waals surface area contributed by atoms with Crippen LogP contribution in [-0.2, 0) is 6.42 Å². The fourth-order valence-corrected chi connectivity index (χ4v) is 2.89. The first-order chi connectivity index (χ1) is 10.1. The predicted octanol–water partition coefficient (Wildman–Crippen LogP) is 3.39. The van der Waals surface area contributed by atoms with E-state index in [0.29, 0.717) is 23.6 Å². The van der Waals surface area contributed by atoms with Crippen molar-refractivity contribution in [1.29, 1.82) is 0 Å². The molecule has 2 N–H and O–H groups in total. The molecule has 0 saturated carbocycles. The second kappa shape index (κ2) is 5.61. The van der Waals surface area contributed by atoms with Gasteiger partial charge in [-0.25, -0.2) is 0 Å². The van der Waals surface area contributed by atoms with Crippen LogP contribution in [0, 0.1) is 0 Å². The van der Waals surface area contributed by atoms with Gasteiger partial charge in [-0.05, 0) is 42.1 Å². The molecule has 5 heteroatoms. The third-order valence-corrected chi connectivity index (χ3v) is 4.31. The van der Waals surface area contributed by atoms with Gasteiger partial charge in [0.1, 0.15) is 5.58 Å². The van der Waals surface area contributed by atoms with Crippen molar-refractivity contribution in [1.82, 2.24) is 4.90 Å². The molecule has 0 radical (unpaired) electrons. The summed E-state index contributed by atoms with van der Waals surface area (Å²) in [6, 6.07) is 11.2. The number of hydrogen-bond donors (Lipinski definition) is 1. The van der Waals surface area contributed by atoms with Crippen LogP contribution in [0.1, 0.15) is 15.4 Å². The maximum atomic E-state index is 12.4. The van der Waals surface area contributed by atoms with Gasteiger partial charge in [-0.15, -0.1) is 11.3 Å². The normalized spacial score (nSPS) is 10.9. The lowest BCUT2D eigenvalue weighted by Crippen LogP contribution is -2.28. The minimum Gasteiger partial charge on any atom is -0.451 e. The van der Waals surface area contributed by atoms with Crippen LogP contribution < -0.4 is 5.73 Å². The van der Waals surface area contributed by atoms with Gasteiger partial charge in [0.25, 0.3) is 5.91 Å². The summed E-state index contributed by atoms with van der Waals surface area (Å²) in [5.41, 5.74) is 7.08. The van der Waals surface area contributed by atoms with Crippen LogP contribution in [0.15, 0.2) is 46.2 Å². The van der Waals surface area contributed by atoms with Crippen molar-refractivity contribution < 1.29 is 9.21 Å². The van der Waals surface area contributed by atoms with Crippen molar-refractivity contribution in [2.75, 3.05) is 19.3 Å². The number of benzene rings is 1. The smallest absolute Gasteiger partial charge is 0.289 e. The molecule has 2 aromatic heterocycles. The van der Waals surface area contributed by atoms with Gasteiger partial charge in [-0.2, -0.15) is 0 Å².